The highest BCUT2D eigenvalue weighted by Crippen LogP contribution is 2.33. The molecule has 38 heavy (non-hydrogen) atoms. The number of nitrogens with zero attached hydrogens (tertiary/aromatic N) is 1. The van der Waals surface area contributed by atoms with Gasteiger partial charge in [-0.25, -0.2) is 5.43 Å². The zero-order valence-electron chi connectivity index (χ0n) is 21.6. The Morgan fingerprint density at radius 3 is 2.24 bits per heavy atom. The molecule has 0 bridgehead atoms. The fourth-order valence-electron chi connectivity index (χ4n) is 3.56. The van der Waals surface area contributed by atoms with Gasteiger partial charge < -0.3 is 20.1 Å². The number of hydrazone groups is 1. The molecule has 3 N–H and O–H groups in total. The van der Waals surface area contributed by atoms with Crippen LogP contribution in [0.15, 0.2) is 59.7 Å². The third kappa shape index (κ3) is 8.30. The summed E-state index contributed by atoms with van der Waals surface area (Å²) in [6, 6.07) is 16.4. The van der Waals surface area contributed by atoms with Crippen LogP contribution >= 0.6 is 22.6 Å². The number of halogens is 1. The van der Waals surface area contributed by atoms with Crippen molar-refractivity contribution in [2.45, 2.75) is 27.2 Å². The lowest BCUT2D eigenvalue weighted by molar-refractivity contribution is -0.136. The highest BCUT2D eigenvalue weighted by atomic mass is 127. The van der Waals surface area contributed by atoms with Crippen LogP contribution in [0, 0.1) is 17.4 Å². The van der Waals surface area contributed by atoms with Crippen molar-refractivity contribution in [3.8, 4) is 11.5 Å². The molecule has 0 aliphatic rings. The molecular formula is C28H29IN4O5. The Morgan fingerprint density at radius 1 is 0.921 bits per heavy atom. The first-order valence-corrected chi connectivity index (χ1v) is 12.9. The monoisotopic (exact) mass is 628 g/mol. The van der Waals surface area contributed by atoms with E-state index in [-0.39, 0.29) is 12.5 Å². The second-order valence-electron chi connectivity index (χ2n) is 8.45. The van der Waals surface area contributed by atoms with Gasteiger partial charge in [-0.05, 0) is 102 Å². The smallest absolute Gasteiger partial charge is 0.329 e. The Hall–Kier alpha value is -3.93. The van der Waals surface area contributed by atoms with Crippen molar-refractivity contribution in [2.75, 3.05) is 24.4 Å². The average molecular weight is 628 g/mol. The first kappa shape index (κ1) is 28.6. The first-order chi connectivity index (χ1) is 18.2. The van der Waals surface area contributed by atoms with Crippen molar-refractivity contribution in [3.63, 3.8) is 0 Å². The van der Waals surface area contributed by atoms with E-state index >= 15 is 0 Å². The molecule has 198 valence electrons. The molecule has 0 aromatic heterocycles. The third-order valence-electron chi connectivity index (χ3n) is 5.31. The van der Waals surface area contributed by atoms with Gasteiger partial charge in [0, 0.05) is 11.4 Å². The van der Waals surface area contributed by atoms with Crippen LogP contribution in [-0.2, 0) is 20.8 Å². The number of nitrogens with one attached hydrogen (secondary N) is 3. The van der Waals surface area contributed by atoms with E-state index in [1.165, 1.54) is 13.3 Å². The molecule has 10 heteroatoms. The number of amides is 3. The lowest BCUT2D eigenvalue weighted by Crippen LogP contribution is -2.32. The zero-order valence-corrected chi connectivity index (χ0v) is 23.7. The Labute approximate surface area is 235 Å². The molecule has 0 fully saturated rings. The molecule has 0 heterocycles. The molecule has 3 amide bonds. The molecule has 3 rings (SSSR count). The van der Waals surface area contributed by atoms with Gasteiger partial charge in [-0.1, -0.05) is 25.1 Å². The summed E-state index contributed by atoms with van der Waals surface area (Å²) in [6.45, 7) is 5.75. The predicted molar refractivity (Wildman–Crippen MR) is 156 cm³/mol. The quantitative estimate of drug-likeness (QED) is 0.139. The molecule has 0 saturated carbocycles. The Bertz CT molecular complexity index is 1340. The third-order valence-corrected chi connectivity index (χ3v) is 6.11. The number of hydrogen-bond donors (Lipinski definition) is 3. The maximum Gasteiger partial charge on any atom is 0.329 e. The molecule has 0 aliphatic carbocycles. The number of ether oxygens (including phenoxy) is 2. The minimum absolute atomic E-state index is 0.209. The Kier molecular flexibility index (Phi) is 10.2. The van der Waals surface area contributed by atoms with Crippen molar-refractivity contribution in [1.82, 2.24) is 5.43 Å². The molecule has 3 aromatic rings. The zero-order chi connectivity index (χ0) is 27.7. The van der Waals surface area contributed by atoms with Gasteiger partial charge in [0.05, 0.1) is 16.9 Å². The molecule has 0 unspecified atom stereocenters. The van der Waals surface area contributed by atoms with Crippen molar-refractivity contribution in [2.24, 2.45) is 5.10 Å². The van der Waals surface area contributed by atoms with Crippen LogP contribution in [0.5, 0.6) is 11.5 Å². The second kappa shape index (κ2) is 13.6. The maximum absolute atomic E-state index is 12.4. The number of carbonyl (C=O) groups is 3. The average Bonchev–Trinajstić information content (AvgIpc) is 2.87. The predicted octanol–water partition coefficient (Wildman–Crippen LogP) is 4.59. The van der Waals surface area contributed by atoms with Gasteiger partial charge in [0.1, 0.15) is 0 Å². The second-order valence-corrected chi connectivity index (χ2v) is 9.61. The van der Waals surface area contributed by atoms with Crippen molar-refractivity contribution in [1.29, 1.82) is 0 Å². The maximum atomic E-state index is 12.4. The van der Waals surface area contributed by atoms with Crippen molar-refractivity contribution < 1.29 is 23.9 Å². The van der Waals surface area contributed by atoms with Gasteiger partial charge in [0.25, 0.3) is 5.91 Å². The van der Waals surface area contributed by atoms with Crippen LogP contribution in [0.4, 0.5) is 11.4 Å². The standard InChI is InChI=1S/C28H29IN4O5/c1-5-19-6-8-21(9-7-19)32-27(35)28(36)33-30-15-20-13-23(29)26(24(14-20)37-4)38-16-25(34)31-22-11-17(2)10-18(3)12-22/h6-15H,5,16H2,1-4H3,(H,31,34)(H,32,35)(H,33,36)/b30-15-. The summed E-state index contributed by atoms with van der Waals surface area (Å²) in [4.78, 5) is 36.6. The van der Waals surface area contributed by atoms with Crippen molar-refractivity contribution >= 4 is 57.9 Å². The Balaban J connectivity index is 1.57. The van der Waals surface area contributed by atoms with E-state index in [1.54, 1.807) is 24.3 Å². The molecule has 0 spiro atoms. The van der Waals surface area contributed by atoms with Crippen LogP contribution in [0.25, 0.3) is 0 Å². The van der Waals surface area contributed by atoms with Gasteiger partial charge in [0.15, 0.2) is 18.1 Å². The van der Waals surface area contributed by atoms with E-state index in [0.29, 0.717) is 32.0 Å². The van der Waals surface area contributed by atoms with Gasteiger partial charge in [-0.15, -0.1) is 0 Å². The molecule has 9 nitrogen and oxygen atoms in total. The fourth-order valence-corrected chi connectivity index (χ4v) is 4.34. The van der Waals surface area contributed by atoms with Crippen LogP contribution in [0.3, 0.4) is 0 Å². The number of benzene rings is 3. The van der Waals surface area contributed by atoms with Gasteiger partial charge in [-0.2, -0.15) is 5.10 Å². The number of rotatable bonds is 9. The number of anilines is 2. The highest BCUT2D eigenvalue weighted by Gasteiger charge is 2.15. The lowest BCUT2D eigenvalue weighted by atomic mass is 10.1. The lowest BCUT2D eigenvalue weighted by Gasteiger charge is -2.14. The Morgan fingerprint density at radius 2 is 1.61 bits per heavy atom. The van der Waals surface area contributed by atoms with E-state index in [9.17, 15) is 14.4 Å². The first-order valence-electron chi connectivity index (χ1n) is 11.8. The van der Waals surface area contributed by atoms with Crippen LogP contribution in [0.2, 0.25) is 0 Å². The summed E-state index contributed by atoms with van der Waals surface area (Å²) >= 11 is 2.06. The summed E-state index contributed by atoms with van der Waals surface area (Å²) in [6.07, 6.45) is 2.26. The topological polar surface area (TPSA) is 118 Å². The van der Waals surface area contributed by atoms with E-state index in [1.807, 2.05) is 51.1 Å². The van der Waals surface area contributed by atoms with Gasteiger partial charge >= 0.3 is 11.8 Å². The molecule has 3 aromatic carbocycles. The molecule has 0 saturated heterocycles. The summed E-state index contributed by atoms with van der Waals surface area (Å²) in [5, 5.41) is 9.22. The van der Waals surface area contributed by atoms with E-state index in [0.717, 1.165) is 23.1 Å². The highest BCUT2D eigenvalue weighted by molar-refractivity contribution is 14.1. The summed E-state index contributed by atoms with van der Waals surface area (Å²) < 4.78 is 11.8. The summed E-state index contributed by atoms with van der Waals surface area (Å²) in [5.41, 5.74) is 7.24. The van der Waals surface area contributed by atoms with E-state index in [2.05, 4.69) is 43.8 Å². The minimum Gasteiger partial charge on any atom is -0.493 e. The van der Waals surface area contributed by atoms with Crippen LogP contribution in [0.1, 0.15) is 29.2 Å². The van der Waals surface area contributed by atoms with Crippen molar-refractivity contribution in [3.05, 3.63) is 80.4 Å². The van der Waals surface area contributed by atoms with E-state index < -0.39 is 11.8 Å². The number of aryl methyl sites for hydroxylation is 3. The summed E-state index contributed by atoms with van der Waals surface area (Å²) in [5.74, 6) is -1.25. The van der Waals surface area contributed by atoms with E-state index in [4.69, 9.17) is 9.47 Å². The SMILES string of the molecule is CCc1ccc(NC(=O)C(=O)N/N=C\c2cc(I)c(OCC(=O)Nc3cc(C)cc(C)c3)c(OC)c2)cc1. The van der Waals surface area contributed by atoms with Crippen LogP contribution < -0.4 is 25.5 Å². The summed E-state index contributed by atoms with van der Waals surface area (Å²) in [7, 11) is 1.48. The number of hydrogen-bond acceptors (Lipinski definition) is 6. The van der Waals surface area contributed by atoms with Gasteiger partial charge in [-0.3, -0.25) is 14.4 Å². The van der Waals surface area contributed by atoms with Gasteiger partial charge in [0.2, 0.25) is 0 Å². The fraction of sp³-hybridized carbons (Fsp3) is 0.214. The molecule has 0 atom stereocenters. The number of carbonyl (C=O) groups excluding carboxylic acids is 3. The van der Waals surface area contributed by atoms with Crippen LogP contribution in [-0.4, -0.2) is 37.7 Å². The largest absolute Gasteiger partial charge is 0.493 e. The molecular weight excluding hydrogens is 599 g/mol. The number of methoxy groups -OCH3 is 1. The molecule has 0 radical (unpaired) electrons. The molecule has 0 aliphatic heterocycles. The minimum atomic E-state index is -0.905. The normalized spacial score (nSPS) is 10.7.